The lowest BCUT2D eigenvalue weighted by atomic mass is 9.99. The number of piperazine rings is 1. The number of rotatable bonds is 11. The van der Waals surface area contributed by atoms with E-state index in [0.29, 0.717) is 59.3 Å². The molecule has 1 atom stereocenters. The fraction of sp³-hybridized carbons (Fsp3) is 0.413. The minimum absolute atomic E-state index is 0.184. The van der Waals surface area contributed by atoms with Crippen LogP contribution in [0.2, 0.25) is 5.02 Å². The van der Waals surface area contributed by atoms with Gasteiger partial charge >= 0.3 is 0 Å². The summed E-state index contributed by atoms with van der Waals surface area (Å²) in [6.45, 7) is 12.4. The fourth-order valence-corrected chi connectivity index (χ4v) is 10.3. The highest BCUT2D eigenvalue weighted by atomic mass is 35.5. The molecule has 3 aromatic carbocycles. The number of hydrogen-bond donors (Lipinski definition) is 3. The van der Waals surface area contributed by atoms with E-state index in [1.807, 2.05) is 36.4 Å². The average molecular weight is 878 g/mol. The van der Waals surface area contributed by atoms with Gasteiger partial charge in [-0.2, -0.15) is 4.98 Å². The molecular formula is C46H53ClN9O5P. The van der Waals surface area contributed by atoms with Crippen molar-refractivity contribution in [2.75, 3.05) is 81.8 Å². The highest BCUT2D eigenvalue weighted by Crippen LogP contribution is 2.40. The fourth-order valence-electron chi connectivity index (χ4n) is 8.98. The van der Waals surface area contributed by atoms with E-state index in [9.17, 15) is 18.9 Å². The molecule has 5 heterocycles. The molecule has 3 amide bonds. The van der Waals surface area contributed by atoms with Crippen LogP contribution in [-0.4, -0.2) is 121 Å². The molecule has 0 bridgehead atoms. The number of piperidine rings is 2. The zero-order valence-electron chi connectivity index (χ0n) is 35.7. The number of nitrogens with one attached hydrogen (secondary N) is 3. The van der Waals surface area contributed by atoms with E-state index in [2.05, 4.69) is 71.5 Å². The monoisotopic (exact) mass is 877 g/mol. The maximum absolute atomic E-state index is 13.2. The Hall–Kier alpha value is -5.45. The number of para-hydroxylation sites is 1. The topological polar surface area (TPSA) is 152 Å². The zero-order valence-corrected chi connectivity index (χ0v) is 37.3. The van der Waals surface area contributed by atoms with Crippen molar-refractivity contribution >= 4 is 70.6 Å². The van der Waals surface area contributed by atoms with Gasteiger partial charge in [0.2, 0.25) is 17.8 Å². The first-order valence-electron chi connectivity index (χ1n) is 21.3. The number of amides is 3. The molecule has 0 radical (unpaired) electrons. The Balaban J connectivity index is 0.849. The highest BCUT2D eigenvalue weighted by molar-refractivity contribution is 7.70. The van der Waals surface area contributed by atoms with Crippen molar-refractivity contribution in [1.29, 1.82) is 0 Å². The van der Waals surface area contributed by atoms with E-state index >= 15 is 0 Å². The second-order valence-corrected chi connectivity index (χ2v) is 20.2. The summed E-state index contributed by atoms with van der Waals surface area (Å²) in [4.78, 5) is 55.6. The quantitative estimate of drug-likeness (QED) is 0.0945. The second-order valence-electron chi connectivity index (χ2n) is 16.6. The lowest BCUT2D eigenvalue weighted by molar-refractivity contribution is -0.136. The van der Waals surface area contributed by atoms with Crippen LogP contribution in [0.25, 0.3) is 0 Å². The molecule has 62 heavy (non-hydrogen) atoms. The number of hydrogen-bond acceptors (Lipinski definition) is 12. The summed E-state index contributed by atoms with van der Waals surface area (Å²) < 4.78 is 18.9. The summed E-state index contributed by atoms with van der Waals surface area (Å²) in [6, 6.07) is 17.2. The van der Waals surface area contributed by atoms with Crippen LogP contribution in [0.15, 0.2) is 60.8 Å². The molecule has 4 aromatic rings. The van der Waals surface area contributed by atoms with Gasteiger partial charge in [-0.1, -0.05) is 48.6 Å². The molecule has 0 saturated carbocycles. The van der Waals surface area contributed by atoms with Crippen LogP contribution in [0, 0.1) is 11.8 Å². The summed E-state index contributed by atoms with van der Waals surface area (Å²) in [7, 11) is -0.890. The lowest BCUT2D eigenvalue weighted by Gasteiger charge is -2.43. The van der Waals surface area contributed by atoms with Crippen LogP contribution in [0.1, 0.15) is 59.7 Å². The molecule has 16 heteroatoms. The first-order valence-corrected chi connectivity index (χ1v) is 24.3. The Kier molecular flexibility index (Phi) is 12.9. The molecule has 14 nitrogen and oxygen atoms in total. The Labute approximate surface area is 368 Å². The third-order valence-electron chi connectivity index (χ3n) is 12.3. The zero-order chi connectivity index (χ0) is 43.5. The molecule has 4 aliphatic heterocycles. The number of nitrogens with zero attached hydrogens (tertiary/aromatic N) is 6. The number of methoxy groups -OCH3 is 1. The Morgan fingerprint density at radius 1 is 0.952 bits per heavy atom. The largest absolute Gasteiger partial charge is 0.494 e. The minimum Gasteiger partial charge on any atom is -0.494 e. The van der Waals surface area contributed by atoms with E-state index in [1.165, 1.54) is 11.3 Å². The highest BCUT2D eigenvalue weighted by Gasteiger charge is 2.40. The number of anilines is 5. The van der Waals surface area contributed by atoms with Crippen LogP contribution in [0.4, 0.5) is 28.8 Å². The summed E-state index contributed by atoms with van der Waals surface area (Å²) in [6.07, 6.45) is 5.09. The molecule has 3 N–H and O–H groups in total. The molecule has 0 spiro atoms. The van der Waals surface area contributed by atoms with Gasteiger partial charge in [0.1, 0.15) is 24.0 Å². The van der Waals surface area contributed by atoms with E-state index in [-0.39, 0.29) is 18.2 Å². The van der Waals surface area contributed by atoms with Gasteiger partial charge in [0.25, 0.3) is 5.91 Å². The normalized spacial score (nSPS) is 18.9. The van der Waals surface area contributed by atoms with Crippen molar-refractivity contribution in [1.82, 2.24) is 30.0 Å². The van der Waals surface area contributed by atoms with Gasteiger partial charge in [0.05, 0.1) is 31.2 Å². The van der Waals surface area contributed by atoms with Crippen LogP contribution in [-0.2, 0) is 27.1 Å². The number of carbonyl (C=O) groups excluding carboxylic acids is 3. The van der Waals surface area contributed by atoms with Crippen molar-refractivity contribution in [2.45, 2.75) is 57.7 Å². The molecule has 1 aromatic heterocycles. The SMILES string of the molecule is CCc1cc(Nc2ncc(Cl)c(Nc3ccccc3P(C)(C)=O)n2)c(OC)cc1N1CCC(N2CCN(CC#Cc3cccc4c3CN(C3CCC(=O)NC3=O)C4=O)CC2)CC1. The van der Waals surface area contributed by atoms with Crippen LogP contribution < -0.4 is 30.9 Å². The van der Waals surface area contributed by atoms with E-state index in [0.717, 1.165) is 80.6 Å². The Morgan fingerprint density at radius 2 is 1.73 bits per heavy atom. The smallest absolute Gasteiger partial charge is 0.255 e. The van der Waals surface area contributed by atoms with Gasteiger partial charge in [0.15, 0.2) is 5.82 Å². The van der Waals surface area contributed by atoms with Gasteiger partial charge in [-0.25, -0.2) is 4.98 Å². The van der Waals surface area contributed by atoms with Crippen LogP contribution in [0.3, 0.4) is 0 Å². The van der Waals surface area contributed by atoms with Crippen molar-refractivity contribution in [2.24, 2.45) is 0 Å². The maximum atomic E-state index is 13.2. The predicted molar refractivity (Wildman–Crippen MR) is 244 cm³/mol. The van der Waals surface area contributed by atoms with Crippen LogP contribution >= 0.6 is 18.7 Å². The first kappa shape index (κ1) is 43.2. The van der Waals surface area contributed by atoms with Crippen molar-refractivity contribution in [3.8, 4) is 17.6 Å². The third-order valence-corrected chi connectivity index (χ3v) is 14.2. The number of imide groups is 1. The number of fused-ring (bicyclic) bond motifs is 1. The van der Waals surface area contributed by atoms with Crippen LogP contribution in [0.5, 0.6) is 5.75 Å². The van der Waals surface area contributed by atoms with Gasteiger partial charge in [-0.05, 0) is 80.5 Å². The van der Waals surface area contributed by atoms with Gasteiger partial charge in [0, 0.05) is 86.5 Å². The molecule has 0 aliphatic carbocycles. The van der Waals surface area contributed by atoms with Crippen molar-refractivity contribution < 1.29 is 23.7 Å². The molecular weight excluding hydrogens is 825 g/mol. The number of ether oxygens (including phenoxy) is 1. The molecule has 4 aliphatic rings. The first-order chi connectivity index (χ1) is 29.9. The third kappa shape index (κ3) is 9.32. The van der Waals surface area contributed by atoms with Crippen molar-refractivity contribution in [3.63, 3.8) is 0 Å². The summed E-state index contributed by atoms with van der Waals surface area (Å²) >= 11 is 6.53. The lowest BCUT2D eigenvalue weighted by Crippen LogP contribution is -2.53. The van der Waals surface area contributed by atoms with Gasteiger partial charge < -0.3 is 29.7 Å². The van der Waals surface area contributed by atoms with E-state index in [1.54, 1.807) is 37.6 Å². The van der Waals surface area contributed by atoms with E-state index in [4.69, 9.17) is 16.3 Å². The Morgan fingerprint density at radius 3 is 2.45 bits per heavy atom. The summed E-state index contributed by atoms with van der Waals surface area (Å²) in [5.41, 5.74) is 6.06. The molecule has 3 saturated heterocycles. The average Bonchev–Trinajstić information content (AvgIpc) is 3.61. The molecule has 324 valence electrons. The summed E-state index contributed by atoms with van der Waals surface area (Å²) in [5, 5.41) is 10.1. The maximum Gasteiger partial charge on any atom is 0.255 e. The van der Waals surface area contributed by atoms with Gasteiger partial charge in [-0.3, -0.25) is 29.5 Å². The number of benzene rings is 3. The molecule has 1 unspecified atom stereocenters. The Bertz CT molecular complexity index is 2490. The predicted octanol–water partition coefficient (Wildman–Crippen LogP) is 5.84. The number of aromatic nitrogens is 2. The number of carbonyl (C=O) groups is 3. The number of halogens is 1. The van der Waals surface area contributed by atoms with E-state index < -0.39 is 19.1 Å². The number of aryl methyl sites for hydroxylation is 1. The van der Waals surface area contributed by atoms with Crippen molar-refractivity contribution in [3.05, 3.63) is 88.1 Å². The standard InChI is InChI=1S/C46H53ClN9O5P/c1-5-30-26-37(50-46-48-28-35(47)43(52-46)49-36-13-6-7-14-41(36)62(3,4)60)40(61-2)27-39(30)55-20-17-32(18-21-55)54-24-22-53(23-25-54)19-9-11-31-10-8-12-33-34(31)29-56(45(33)59)38-15-16-42(57)51-44(38)58/h6-8,10,12-14,26-28,32,38H,5,15-25,29H2,1-4H3,(H,51,57,58)(H2,48,49,50,52). The minimum atomic E-state index is -2.56. The summed E-state index contributed by atoms with van der Waals surface area (Å²) in [5.74, 6) is 7.24. The molecule has 3 fully saturated rings. The van der Waals surface area contributed by atoms with Gasteiger partial charge in [-0.15, -0.1) is 0 Å². The molecule has 8 rings (SSSR count). The second kappa shape index (κ2) is 18.5.